The van der Waals surface area contributed by atoms with Gasteiger partial charge in [0.25, 0.3) is 0 Å². The number of aliphatic hydroxyl groups excluding tert-OH is 1. The average Bonchev–Trinajstić information content (AvgIpc) is 3.29. The Kier molecular flexibility index (Phi) is 5.44. The van der Waals surface area contributed by atoms with Gasteiger partial charge in [0.1, 0.15) is 11.9 Å². The summed E-state index contributed by atoms with van der Waals surface area (Å²) in [6.45, 7) is -0.0747. The van der Waals surface area contributed by atoms with Crippen molar-refractivity contribution in [3.05, 3.63) is 95.6 Å². The minimum absolute atomic E-state index is 0.0747. The van der Waals surface area contributed by atoms with Crippen molar-refractivity contribution in [3.63, 3.8) is 0 Å². The highest BCUT2D eigenvalue weighted by Gasteiger charge is 2.50. The summed E-state index contributed by atoms with van der Waals surface area (Å²) in [5.41, 5.74) is 4.58. The number of hydrogen-bond acceptors (Lipinski definition) is 5. The second kappa shape index (κ2) is 8.54. The third kappa shape index (κ3) is 3.56. The lowest BCUT2D eigenvalue weighted by molar-refractivity contribution is 0.187. The molecule has 0 amide bonds. The van der Waals surface area contributed by atoms with Crippen molar-refractivity contribution in [2.75, 3.05) is 11.5 Å². The highest BCUT2D eigenvalue weighted by atomic mass is 32.1. The Labute approximate surface area is 189 Å². The third-order valence-electron chi connectivity index (χ3n) is 5.97. The third-order valence-corrected chi connectivity index (χ3v) is 6.82. The first-order valence-electron chi connectivity index (χ1n) is 10.4. The first-order chi connectivity index (χ1) is 15.7. The molecule has 3 aromatic carbocycles. The van der Waals surface area contributed by atoms with E-state index in [9.17, 15) is 14.8 Å². The molecule has 3 atom stereocenters. The lowest BCUT2D eigenvalue weighted by atomic mass is 9.76. The van der Waals surface area contributed by atoms with Gasteiger partial charge in [-0.05, 0) is 28.8 Å². The second-order valence-corrected chi connectivity index (χ2v) is 8.61. The first-order valence-corrected chi connectivity index (χ1v) is 11.2. The lowest BCUT2D eigenvalue weighted by Crippen LogP contribution is -2.63. The minimum atomic E-state index is -0.415. The number of halogens is 1. The van der Waals surface area contributed by atoms with Gasteiger partial charge in [-0.2, -0.15) is 5.26 Å². The van der Waals surface area contributed by atoms with Crippen LogP contribution >= 0.6 is 11.3 Å². The Balaban J connectivity index is 1.41. The van der Waals surface area contributed by atoms with Gasteiger partial charge in [-0.15, -0.1) is 11.3 Å². The Bertz CT molecular complexity index is 1270. The molecule has 4 aromatic rings. The molecule has 1 saturated heterocycles. The maximum Gasteiger partial charge on any atom is 0.187 e. The molecule has 158 valence electrons. The summed E-state index contributed by atoms with van der Waals surface area (Å²) < 4.78 is 13.6. The van der Waals surface area contributed by atoms with Gasteiger partial charge in [-0.25, -0.2) is 9.37 Å². The van der Waals surface area contributed by atoms with Crippen LogP contribution in [0.2, 0.25) is 0 Å². The molecule has 0 bridgehead atoms. The average molecular weight is 442 g/mol. The van der Waals surface area contributed by atoms with Gasteiger partial charge in [0.2, 0.25) is 0 Å². The zero-order valence-electron chi connectivity index (χ0n) is 17.1. The maximum absolute atomic E-state index is 13.6. The van der Waals surface area contributed by atoms with Crippen LogP contribution in [0.25, 0.3) is 22.4 Å². The van der Waals surface area contributed by atoms with Crippen LogP contribution in [0.4, 0.5) is 9.52 Å². The molecule has 2 heterocycles. The fourth-order valence-electron chi connectivity index (χ4n) is 4.36. The van der Waals surface area contributed by atoms with E-state index in [1.54, 1.807) is 6.07 Å². The van der Waals surface area contributed by atoms with Crippen LogP contribution in [-0.2, 0) is 0 Å². The lowest BCUT2D eigenvalue weighted by Gasteiger charge is -2.51. The molecule has 1 aliphatic heterocycles. The zero-order valence-corrected chi connectivity index (χ0v) is 17.9. The fourth-order valence-corrected chi connectivity index (χ4v) is 5.29. The largest absolute Gasteiger partial charge is 0.394 e. The summed E-state index contributed by atoms with van der Waals surface area (Å²) in [6.07, 6.45) is 0. The molecule has 0 aliphatic carbocycles. The Morgan fingerprint density at radius 2 is 1.72 bits per heavy atom. The topological polar surface area (TPSA) is 60.1 Å². The molecule has 0 spiro atoms. The van der Waals surface area contributed by atoms with Crippen molar-refractivity contribution < 1.29 is 9.50 Å². The number of thiazole rings is 1. The molecule has 4 nitrogen and oxygen atoms in total. The van der Waals surface area contributed by atoms with Crippen molar-refractivity contribution in [1.82, 2.24) is 4.98 Å². The van der Waals surface area contributed by atoms with Gasteiger partial charge in [0, 0.05) is 16.9 Å². The Morgan fingerprint density at radius 1 is 0.969 bits per heavy atom. The van der Waals surface area contributed by atoms with Gasteiger partial charge < -0.3 is 10.0 Å². The SMILES string of the molecule is N#C[C@@H]1[C@H](c2ccc(-c3cccc(F)c3)cc2)[C@@H](CO)N1c1nc(-c2ccccc2)cs1. The summed E-state index contributed by atoms with van der Waals surface area (Å²) in [7, 11) is 0. The van der Waals surface area contributed by atoms with Crippen molar-refractivity contribution in [2.45, 2.75) is 18.0 Å². The van der Waals surface area contributed by atoms with E-state index < -0.39 is 6.04 Å². The molecule has 32 heavy (non-hydrogen) atoms. The van der Waals surface area contributed by atoms with Crippen molar-refractivity contribution in [3.8, 4) is 28.5 Å². The van der Waals surface area contributed by atoms with Gasteiger partial charge in [0.15, 0.2) is 5.13 Å². The summed E-state index contributed by atoms with van der Waals surface area (Å²) in [4.78, 5) is 6.65. The van der Waals surface area contributed by atoms with Crippen molar-refractivity contribution in [2.24, 2.45) is 0 Å². The van der Waals surface area contributed by atoms with Crippen LogP contribution in [0.15, 0.2) is 84.2 Å². The minimum Gasteiger partial charge on any atom is -0.394 e. The summed E-state index contributed by atoms with van der Waals surface area (Å²) in [5, 5.41) is 22.8. The molecular formula is C26H20FN3OS. The van der Waals surface area contributed by atoms with E-state index in [0.717, 1.165) is 33.1 Å². The van der Waals surface area contributed by atoms with Gasteiger partial charge >= 0.3 is 0 Å². The number of hydrogen-bond donors (Lipinski definition) is 1. The molecule has 1 N–H and O–H groups in total. The molecule has 0 unspecified atom stereocenters. The highest BCUT2D eigenvalue weighted by Crippen LogP contribution is 2.45. The summed E-state index contributed by atoms with van der Waals surface area (Å²) in [6, 6.07) is 25.9. The molecule has 0 saturated carbocycles. The molecule has 0 radical (unpaired) electrons. The summed E-state index contributed by atoms with van der Waals surface area (Å²) >= 11 is 1.48. The van der Waals surface area contributed by atoms with E-state index in [0.29, 0.717) is 0 Å². The number of benzene rings is 3. The molecule has 1 aliphatic rings. The van der Waals surface area contributed by atoms with Crippen LogP contribution in [0.5, 0.6) is 0 Å². The smallest absolute Gasteiger partial charge is 0.187 e. The van der Waals surface area contributed by atoms with E-state index in [4.69, 9.17) is 4.98 Å². The van der Waals surface area contributed by atoms with E-state index in [1.807, 2.05) is 70.9 Å². The molecule has 1 aromatic heterocycles. The maximum atomic E-state index is 13.6. The van der Waals surface area contributed by atoms with Crippen LogP contribution in [-0.4, -0.2) is 28.8 Å². The van der Waals surface area contributed by atoms with E-state index >= 15 is 0 Å². The molecule has 1 fully saturated rings. The van der Waals surface area contributed by atoms with Crippen molar-refractivity contribution in [1.29, 1.82) is 5.26 Å². The van der Waals surface area contributed by atoms with Crippen LogP contribution < -0.4 is 4.90 Å². The predicted octanol–water partition coefficient (Wildman–Crippen LogP) is 5.47. The quantitative estimate of drug-likeness (QED) is 0.446. The van der Waals surface area contributed by atoms with Crippen LogP contribution in [0.3, 0.4) is 0 Å². The van der Waals surface area contributed by atoms with E-state index in [-0.39, 0.29) is 24.4 Å². The van der Waals surface area contributed by atoms with Gasteiger partial charge in [0.05, 0.1) is 24.4 Å². The Morgan fingerprint density at radius 3 is 2.41 bits per heavy atom. The standard InChI is InChI=1S/C26H20FN3OS/c27-21-8-4-7-20(13-21)17-9-11-19(12-10-17)25-23(14-28)30(24(25)15-31)26-29-22(16-32-26)18-5-2-1-3-6-18/h1-13,16,23-25,31H,15H2/t23-,24-,25+/m1/s1. The Hall–Kier alpha value is -3.53. The van der Waals surface area contributed by atoms with E-state index in [2.05, 4.69) is 6.07 Å². The fraction of sp³-hybridized carbons (Fsp3) is 0.154. The highest BCUT2D eigenvalue weighted by molar-refractivity contribution is 7.14. The number of anilines is 1. The number of nitrogens with zero attached hydrogens (tertiary/aromatic N) is 3. The zero-order chi connectivity index (χ0) is 22.1. The van der Waals surface area contributed by atoms with E-state index in [1.165, 1.54) is 23.5 Å². The van der Waals surface area contributed by atoms with Crippen LogP contribution in [0, 0.1) is 17.1 Å². The predicted molar refractivity (Wildman–Crippen MR) is 125 cm³/mol. The monoisotopic (exact) mass is 441 g/mol. The first kappa shape index (κ1) is 20.4. The van der Waals surface area contributed by atoms with Gasteiger partial charge in [-0.3, -0.25) is 0 Å². The normalized spacial score (nSPS) is 19.9. The summed E-state index contributed by atoms with van der Waals surface area (Å²) in [5.74, 6) is -0.403. The molecule has 5 rings (SSSR count). The number of rotatable bonds is 5. The number of aliphatic hydroxyl groups is 1. The van der Waals surface area contributed by atoms with Crippen LogP contribution in [0.1, 0.15) is 11.5 Å². The second-order valence-electron chi connectivity index (χ2n) is 7.77. The van der Waals surface area contributed by atoms with Gasteiger partial charge in [-0.1, -0.05) is 66.7 Å². The molecule has 6 heteroatoms. The van der Waals surface area contributed by atoms with Crippen molar-refractivity contribution >= 4 is 16.5 Å². The number of aromatic nitrogens is 1. The molecular weight excluding hydrogens is 421 g/mol. The number of nitriles is 1.